The number of benzene rings is 2. The van der Waals surface area contributed by atoms with Crippen molar-refractivity contribution in [2.24, 2.45) is 0 Å². The van der Waals surface area contributed by atoms with Crippen molar-refractivity contribution in [3.05, 3.63) is 57.6 Å². The Morgan fingerprint density at radius 3 is 1.03 bits per heavy atom. The third-order valence-corrected chi connectivity index (χ3v) is 7.43. The molecule has 0 atom stereocenters. The first-order chi connectivity index (χ1) is 15.7. The molecule has 0 aliphatic carbocycles. The highest BCUT2D eigenvalue weighted by atomic mass is 35.5. The maximum absolute atomic E-state index is 6.37. The Morgan fingerprint density at radius 1 is 0.514 bits per heavy atom. The van der Waals surface area contributed by atoms with Crippen LogP contribution in [0.4, 0.5) is 0 Å². The summed E-state index contributed by atoms with van der Waals surface area (Å²) in [6.07, 6.45) is 0. The highest BCUT2D eigenvalue weighted by molar-refractivity contribution is 7.43. The first kappa shape index (κ1) is 29.9. The third kappa shape index (κ3) is 7.37. The van der Waals surface area contributed by atoms with E-state index in [2.05, 4.69) is 121 Å². The number of hydrogen-bond acceptors (Lipinski definition) is 3. The van der Waals surface area contributed by atoms with Gasteiger partial charge in [0.15, 0.2) is 0 Å². The molecule has 35 heavy (non-hydrogen) atoms. The van der Waals surface area contributed by atoms with Gasteiger partial charge >= 0.3 is 8.60 Å². The van der Waals surface area contributed by atoms with E-state index in [0.29, 0.717) is 0 Å². The molecule has 0 saturated heterocycles. The molecule has 0 aliphatic rings. The van der Waals surface area contributed by atoms with Crippen LogP contribution in [0.2, 0.25) is 0 Å². The van der Waals surface area contributed by atoms with E-state index in [0.717, 1.165) is 22.6 Å². The summed E-state index contributed by atoms with van der Waals surface area (Å²) in [5.41, 5.74) is 6.96. The van der Waals surface area contributed by atoms with Crippen molar-refractivity contribution in [3.63, 3.8) is 0 Å². The molecule has 0 saturated carbocycles. The Kier molecular flexibility index (Phi) is 8.76. The third-order valence-electron chi connectivity index (χ3n) is 6.29. The van der Waals surface area contributed by atoms with Gasteiger partial charge in [0.2, 0.25) is 0 Å². The molecule has 196 valence electrons. The standard InChI is InChI=1S/C30H46ClO3P/c1-19-15-25(23(29(9,10)11)17-21(19)27(3,4)5)32-35(34-31)33-26-16-20(2)22(28(6,7)8)18-24(26)30(12,13)14/h15-18H,1-14H3. The van der Waals surface area contributed by atoms with Crippen molar-refractivity contribution in [2.75, 3.05) is 0 Å². The molecule has 5 heteroatoms. The second kappa shape index (κ2) is 10.2. The van der Waals surface area contributed by atoms with Gasteiger partial charge in [-0.3, -0.25) is 0 Å². The summed E-state index contributed by atoms with van der Waals surface area (Å²) in [5.74, 6) is 1.49. The molecule has 2 rings (SSSR count). The smallest absolute Gasteiger partial charge is 0.417 e. The molecule has 0 N–H and O–H groups in total. The fraction of sp³-hybridized carbons (Fsp3) is 0.600. The summed E-state index contributed by atoms with van der Waals surface area (Å²) >= 11 is 5.97. The lowest BCUT2D eigenvalue weighted by molar-refractivity contribution is 0.388. The number of hydrogen-bond donors (Lipinski definition) is 0. The van der Waals surface area contributed by atoms with E-state index in [4.69, 9.17) is 25.0 Å². The minimum absolute atomic E-state index is 0.0285. The topological polar surface area (TPSA) is 27.7 Å². The quantitative estimate of drug-likeness (QED) is 0.367. The van der Waals surface area contributed by atoms with Gasteiger partial charge in [0.05, 0.1) is 11.9 Å². The molecule has 0 spiro atoms. The van der Waals surface area contributed by atoms with Crippen LogP contribution in [-0.2, 0) is 25.7 Å². The molecular weight excluding hydrogens is 475 g/mol. The van der Waals surface area contributed by atoms with Gasteiger partial charge in [0, 0.05) is 11.1 Å². The first-order valence-corrected chi connectivity index (χ1v) is 13.8. The van der Waals surface area contributed by atoms with Crippen LogP contribution in [-0.4, -0.2) is 0 Å². The zero-order chi connectivity index (χ0) is 27.1. The van der Waals surface area contributed by atoms with Crippen molar-refractivity contribution >= 4 is 20.5 Å². The van der Waals surface area contributed by atoms with Crippen LogP contribution in [0.1, 0.15) is 116 Å². The summed E-state index contributed by atoms with van der Waals surface area (Å²) in [5, 5.41) is 0. The Labute approximate surface area is 221 Å². The molecule has 0 bridgehead atoms. The lowest BCUT2D eigenvalue weighted by Crippen LogP contribution is -2.19. The number of rotatable bonds is 5. The van der Waals surface area contributed by atoms with Crippen LogP contribution in [0.25, 0.3) is 0 Å². The largest absolute Gasteiger partial charge is 0.481 e. The second-order valence-electron chi connectivity index (χ2n) is 13.8. The summed E-state index contributed by atoms with van der Waals surface area (Å²) < 4.78 is 18.0. The minimum Gasteiger partial charge on any atom is -0.417 e. The van der Waals surface area contributed by atoms with E-state index in [1.54, 1.807) is 0 Å². The molecule has 0 aliphatic heterocycles. The lowest BCUT2D eigenvalue weighted by Gasteiger charge is -2.31. The van der Waals surface area contributed by atoms with Crippen LogP contribution in [0.15, 0.2) is 24.3 Å². The van der Waals surface area contributed by atoms with Crippen molar-refractivity contribution in [3.8, 4) is 11.5 Å². The monoisotopic (exact) mass is 520 g/mol. The average molecular weight is 521 g/mol. The van der Waals surface area contributed by atoms with Crippen LogP contribution < -0.4 is 9.05 Å². The lowest BCUT2D eigenvalue weighted by atomic mass is 9.78. The maximum atomic E-state index is 6.37. The molecule has 0 amide bonds. The van der Waals surface area contributed by atoms with Gasteiger partial charge in [0.25, 0.3) is 0 Å². The van der Waals surface area contributed by atoms with Crippen molar-refractivity contribution in [1.82, 2.24) is 0 Å². The number of aryl methyl sites for hydroxylation is 2. The second-order valence-corrected chi connectivity index (χ2v) is 15.2. The predicted octanol–water partition coefficient (Wildman–Crippen LogP) is 10.3. The summed E-state index contributed by atoms with van der Waals surface area (Å²) in [7, 11) is -1.87. The number of halogens is 1. The van der Waals surface area contributed by atoms with Crippen molar-refractivity contribution in [2.45, 2.75) is 119 Å². The van der Waals surface area contributed by atoms with Gasteiger partial charge in [0.1, 0.15) is 11.5 Å². The Balaban J connectivity index is 2.56. The summed E-state index contributed by atoms with van der Waals surface area (Å²) in [6.45, 7) is 30.8. The Morgan fingerprint density at radius 2 is 0.800 bits per heavy atom. The molecule has 2 aromatic carbocycles. The van der Waals surface area contributed by atoms with Gasteiger partial charge in [-0.15, -0.1) is 0 Å². The molecule has 0 heterocycles. The average Bonchev–Trinajstić information content (AvgIpc) is 2.63. The first-order valence-electron chi connectivity index (χ1n) is 12.4. The van der Waals surface area contributed by atoms with Gasteiger partial charge in [-0.2, -0.15) is 4.08 Å². The minimum atomic E-state index is -1.87. The van der Waals surface area contributed by atoms with Crippen molar-refractivity contribution < 1.29 is 13.1 Å². The van der Waals surface area contributed by atoms with E-state index in [9.17, 15) is 0 Å². The normalized spacial score (nSPS) is 13.4. The molecule has 0 aromatic heterocycles. The SMILES string of the molecule is Cc1cc(OP(OCl)Oc2cc(C)c(C(C)(C)C)cc2C(C)(C)C)c(C(C)(C)C)cc1C(C)(C)C. The van der Waals surface area contributed by atoms with E-state index < -0.39 is 8.60 Å². The molecule has 0 unspecified atom stereocenters. The zero-order valence-corrected chi connectivity index (χ0v) is 26.0. The van der Waals surface area contributed by atoms with E-state index in [-0.39, 0.29) is 21.7 Å². The van der Waals surface area contributed by atoms with Crippen LogP contribution in [0.5, 0.6) is 11.5 Å². The molecule has 0 fully saturated rings. The molecule has 2 aromatic rings. The predicted molar refractivity (Wildman–Crippen MR) is 152 cm³/mol. The van der Waals surface area contributed by atoms with Gasteiger partial charge in [-0.25, -0.2) is 0 Å². The van der Waals surface area contributed by atoms with Gasteiger partial charge in [-0.1, -0.05) is 95.2 Å². The van der Waals surface area contributed by atoms with Crippen LogP contribution in [0.3, 0.4) is 0 Å². The zero-order valence-electron chi connectivity index (χ0n) is 24.4. The van der Waals surface area contributed by atoms with Gasteiger partial charge in [-0.05, 0) is 69.9 Å². The Hall–Kier alpha value is -1.28. The molecular formula is C30H46ClO3P. The van der Waals surface area contributed by atoms with Gasteiger partial charge < -0.3 is 9.05 Å². The van der Waals surface area contributed by atoms with E-state index >= 15 is 0 Å². The summed E-state index contributed by atoms with van der Waals surface area (Å²) in [4.78, 5) is 0. The highest BCUT2D eigenvalue weighted by Gasteiger charge is 2.30. The van der Waals surface area contributed by atoms with E-state index in [1.807, 2.05) is 0 Å². The van der Waals surface area contributed by atoms with E-state index in [1.165, 1.54) is 22.3 Å². The van der Waals surface area contributed by atoms with Crippen molar-refractivity contribution in [1.29, 1.82) is 0 Å². The fourth-order valence-corrected chi connectivity index (χ4v) is 5.40. The highest BCUT2D eigenvalue weighted by Crippen LogP contribution is 2.49. The molecule has 0 radical (unpaired) electrons. The maximum Gasteiger partial charge on any atom is 0.481 e. The summed E-state index contributed by atoms with van der Waals surface area (Å²) in [6, 6.07) is 8.70. The van der Waals surface area contributed by atoms with Crippen LogP contribution in [0, 0.1) is 13.8 Å². The fourth-order valence-electron chi connectivity index (χ4n) is 4.51. The van der Waals surface area contributed by atoms with Crippen LogP contribution >= 0.6 is 20.5 Å². The Bertz CT molecular complexity index is 964. The molecule has 3 nitrogen and oxygen atoms in total.